The predicted octanol–water partition coefficient (Wildman–Crippen LogP) is 4.34. The van der Waals surface area contributed by atoms with Gasteiger partial charge < -0.3 is 14.8 Å². The minimum absolute atomic E-state index is 0.143. The fourth-order valence-electron chi connectivity index (χ4n) is 2.75. The summed E-state index contributed by atoms with van der Waals surface area (Å²) >= 11 is 0. The van der Waals surface area contributed by atoms with E-state index in [4.69, 9.17) is 9.47 Å². The lowest BCUT2D eigenvalue weighted by Crippen LogP contribution is -2.26. The van der Waals surface area contributed by atoms with Crippen LogP contribution in [0.15, 0.2) is 36.4 Å². The highest BCUT2D eigenvalue weighted by Gasteiger charge is 2.17. The molecule has 7 heteroatoms. The predicted molar refractivity (Wildman–Crippen MR) is 92.0 cm³/mol. The number of nitrogens with one attached hydrogen (secondary N) is 1. The van der Waals surface area contributed by atoms with Gasteiger partial charge in [-0.25, -0.2) is 4.39 Å². The van der Waals surface area contributed by atoms with E-state index in [9.17, 15) is 14.5 Å². The van der Waals surface area contributed by atoms with Crippen LogP contribution < -0.4 is 10.1 Å². The van der Waals surface area contributed by atoms with E-state index in [0.717, 1.165) is 30.2 Å². The van der Waals surface area contributed by atoms with Gasteiger partial charge in [-0.15, -0.1) is 0 Å². The summed E-state index contributed by atoms with van der Waals surface area (Å²) in [6.45, 7) is 3.33. The molecule has 1 heterocycles. The summed E-state index contributed by atoms with van der Waals surface area (Å²) in [6.07, 6.45) is 1.87. The Hall–Kier alpha value is -2.67. The normalized spacial score (nSPS) is 15.0. The summed E-state index contributed by atoms with van der Waals surface area (Å²) in [5.74, 6) is 0.139. The second-order valence-corrected chi connectivity index (χ2v) is 5.95. The highest BCUT2D eigenvalue weighted by atomic mass is 19.1. The molecule has 2 aromatic carbocycles. The first-order valence-electron chi connectivity index (χ1n) is 8.09. The Bertz CT molecular complexity index is 776. The molecule has 132 valence electrons. The number of ether oxygens (including phenoxy) is 2. The number of hydrogen-bond acceptors (Lipinski definition) is 5. The van der Waals surface area contributed by atoms with Crippen molar-refractivity contribution >= 4 is 17.1 Å². The monoisotopic (exact) mass is 346 g/mol. The molecule has 1 fully saturated rings. The number of nitro benzene ring substituents is 1. The van der Waals surface area contributed by atoms with Gasteiger partial charge in [-0.1, -0.05) is 0 Å². The summed E-state index contributed by atoms with van der Waals surface area (Å²) in [5, 5.41) is 14.0. The Morgan fingerprint density at radius 1 is 1.24 bits per heavy atom. The molecule has 0 bridgehead atoms. The van der Waals surface area contributed by atoms with E-state index in [2.05, 4.69) is 5.32 Å². The van der Waals surface area contributed by atoms with Gasteiger partial charge in [-0.3, -0.25) is 10.1 Å². The highest BCUT2D eigenvalue weighted by Crippen LogP contribution is 2.31. The van der Waals surface area contributed by atoms with Crippen LogP contribution in [-0.4, -0.2) is 24.2 Å². The van der Waals surface area contributed by atoms with Crippen LogP contribution in [0.1, 0.15) is 18.4 Å². The Morgan fingerprint density at radius 3 is 2.68 bits per heavy atom. The standard InChI is InChI=1S/C18H19FN2O4/c1-12-10-14(3-5-18(12)25-15-6-8-24-9-7-15)20-16-4-2-13(19)11-17(16)21(22)23/h2-5,10-11,15,20H,6-9H2,1H3. The van der Waals surface area contributed by atoms with Crippen molar-refractivity contribution in [1.29, 1.82) is 0 Å². The van der Waals surface area contributed by atoms with Crippen LogP contribution >= 0.6 is 0 Å². The maximum absolute atomic E-state index is 13.2. The van der Waals surface area contributed by atoms with Crippen molar-refractivity contribution in [3.63, 3.8) is 0 Å². The minimum Gasteiger partial charge on any atom is -0.490 e. The molecule has 1 aliphatic heterocycles. The quantitative estimate of drug-likeness (QED) is 0.644. The molecule has 0 aliphatic carbocycles. The Kier molecular flexibility index (Phi) is 5.14. The largest absolute Gasteiger partial charge is 0.490 e. The average Bonchev–Trinajstić information content (AvgIpc) is 2.59. The van der Waals surface area contributed by atoms with Crippen LogP contribution in [0.4, 0.5) is 21.5 Å². The smallest absolute Gasteiger partial charge is 0.295 e. The molecule has 0 radical (unpaired) electrons. The van der Waals surface area contributed by atoms with Crippen LogP contribution in [0.2, 0.25) is 0 Å². The van der Waals surface area contributed by atoms with Gasteiger partial charge >= 0.3 is 0 Å². The Morgan fingerprint density at radius 2 is 2.00 bits per heavy atom. The molecule has 3 rings (SSSR count). The Labute approximate surface area is 144 Å². The molecule has 6 nitrogen and oxygen atoms in total. The van der Waals surface area contributed by atoms with Gasteiger partial charge in [0.2, 0.25) is 0 Å². The molecule has 1 saturated heterocycles. The number of nitro groups is 1. The summed E-state index contributed by atoms with van der Waals surface area (Å²) in [5.41, 5.74) is 1.52. The Balaban J connectivity index is 1.76. The number of nitrogens with zero attached hydrogens (tertiary/aromatic N) is 1. The molecular weight excluding hydrogens is 327 g/mol. The van der Waals surface area contributed by atoms with Gasteiger partial charge in [0.05, 0.1) is 24.2 Å². The van der Waals surface area contributed by atoms with Crippen LogP contribution in [0.3, 0.4) is 0 Å². The van der Waals surface area contributed by atoms with E-state index in [1.54, 1.807) is 6.07 Å². The molecule has 0 unspecified atom stereocenters. The molecule has 2 aromatic rings. The molecule has 0 atom stereocenters. The van der Waals surface area contributed by atoms with E-state index in [-0.39, 0.29) is 17.5 Å². The zero-order valence-electron chi connectivity index (χ0n) is 13.8. The van der Waals surface area contributed by atoms with Crippen molar-refractivity contribution in [1.82, 2.24) is 0 Å². The van der Waals surface area contributed by atoms with Crippen molar-refractivity contribution in [2.45, 2.75) is 25.9 Å². The SMILES string of the molecule is Cc1cc(Nc2ccc(F)cc2[N+](=O)[O-])ccc1OC1CCOCC1. The van der Waals surface area contributed by atoms with Crippen LogP contribution in [0.25, 0.3) is 0 Å². The second kappa shape index (κ2) is 7.48. The minimum atomic E-state index is -0.645. The summed E-state index contributed by atoms with van der Waals surface area (Å²) in [7, 11) is 0. The van der Waals surface area contributed by atoms with E-state index < -0.39 is 10.7 Å². The van der Waals surface area contributed by atoms with Crippen LogP contribution in [0.5, 0.6) is 5.75 Å². The number of hydrogen-bond donors (Lipinski definition) is 1. The molecular formula is C18H19FN2O4. The molecule has 1 N–H and O–H groups in total. The topological polar surface area (TPSA) is 73.6 Å². The van der Waals surface area contributed by atoms with Crippen molar-refractivity contribution in [2.75, 3.05) is 18.5 Å². The molecule has 0 spiro atoms. The lowest BCUT2D eigenvalue weighted by molar-refractivity contribution is -0.384. The van der Waals surface area contributed by atoms with E-state index >= 15 is 0 Å². The number of aryl methyl sites for hydroxylation is 1. The maximum atomic E-state index is 13.2. The van der Waals surface area contributed by atoms with Crippen molar-refractivity contribution in [2.24, 2.45) is 0 Å². The van der Waals surface area contributed by atoms with E-state index in [0.29, 0.717) is 18.9 Å². The number of rotatable bonds is 5. The summed E-state index contributed by atoms with van der Waals surface area (Å²) < 4.78 is 24.6. The molecule has 0 saturated carbocycles. The molecule has 25 heavy (non-hydrogen) atoms. The number of benzene rings is 2. The van der Waals surface area contributed by atoms with Gasteiger partial charge in [-0.2, -0.15) is 0 Å². The first-order valence-corrected chi connectivity index (χ1v) is 8.09. The fraction of sp³-hybridized carbons (Fsp3) is 0.333. The molecule has 0 amide bonds. The van der Waals surface area contributed by atoms with E-state index in [1.165, 1.54) is 12.1 Å². The van der Waals surface area contributed by atoms with Gasteiger partial charge in [0, 0.05) is 18.5 Å². The second-order valence-electron chi connectivity index (χ2n) is 5.95. The first kappa shape index (κ1) is 17.2. The highest BCUT2D eigenvalue weighted by molar-refractivity contribution is 5.70. The van der Waals surface area contributed by atoms with Crippen molar-refractivity contribution in [3.05, 3.63) is 57.9 Å². The van der Waals surface area contributed by atoms with Gasteiger partial charge in [0.1, 0.15) is 23.4 Å². The summed E-state index contributed by atoms with van der Waals surface area (Å²) in [4.78, 5) is 10.5. The van der Waals surface area contributed by atoms with Gasteiger partial charge in [0.15, 0.2) is 0 Å². The molecule has 0 aromatic heterocycles. The third kappa shape index (κ3) is 4.24. The first-order chi connectivity index (χ1) is 12.0. The third-order valence-electron chi connectivity index (χ3n) is 4.07. The third-order valence-corrected chi connectivity index (χ3v) is 4.07. The van der Waals surface area contributed by atoms with Gasteiger partial charge in [-0.05, 0) is 42.8 Å². The number of anilines is 2. The lowest BCUT2D eigenvalue weighted by Gasteiger charge is -2.24. The van der Waals surface area contributed by atoms with Gasteiger partial charge in [0.25, 0.3) is 5.69 Å². The average molecular weight is 346 g/mol. The lowest BCUT2D eigenvalue weighted by atomic mass is 10.1. The van der Waals surface area contributed by atoms with E-state index in [1.807, 2.05) is 19.1 Å². The zero-order valence-corrected chi connectivity index (χ0v) is 13.8. The number of halogens is 1. The van der Waals surface area contributed by atoms with Crippen molar-refractivity contribution < 1.29 is 18.8 Å². The van der Waals surface area contributed by atoms with Crippen molar-refractivity contribution in [3.8, 4) is 5.75 Å². The summed E-state index contributed by atoms with van der Waals surface area (Å²) in [6, 6.07) is 8.91. The fourth-order valence-corrected chi connectivity index (χ4v) is 2.75. The van der Waals surface area contributed by atoms with Crippen LogP contribution in [-0.2, 0) is 4.74 Å². The van der Waals surface area contributed by atoms with Crippen LogP contribution in [0, 0.1) is 22.9 Å². The zero-order chi connectivity index (χ0) is 17.8. The molecule has 1 aliphatic rings. The maximum Gasteiger partial charge on any atom is 0.295 e.